The number of nitro benzene ring substituents is 1. The third-order valence-electron chi connectivity index (χ3n) is 3.30. The summed E-state index contributed by atoms with van der Waals surface area (Å²) in [5.41, 5.74) is 2.46. The zero-order chi connectivity index (χ0) is 15.0. The fourth-order valence-electron chi connectivity index (χ4n) is 1.95. The van der Waals surface area contributed by atoms with Crippen molar-refractivity contribution in [1.29, 1.82) is 0 Å². The van der Waals surface area contributed by atoms with Gasteiger partial charge in [-0.3, -0.25) is 10.1 Å². The van der Waals surface area contributed by atoms with E-state index >= 15 is 0 Å². The number of rotatable bonds is 3. The molecule has 20 heavy (non-hydrogen) atoms. The molecule has 0 aliphatic rings. The van der Waals surface area contributed by atoms with Crippen molar-refractivity contribution in [3.63, 3.8) is 0 Å². The number of nitrogens with zero attached hydrogens (tertiary/aromatic N) is 3. The van der Waals surface area contributed by atoms with Gasteiger partial charge in [-0.15, -0.1) is 0 Å². The maximum absolute atomic E-state index is 11.3. The summed E-state index contributed by atoms with van der Waals surface area (Å²) in [5, 5.41) is 24.3. The van der Waals surface area contributed by atoms with E-state index in [2.05, 4.69) is 5.10 Å². The second-order valence-corrected chi connectivity index (χ2v) is 4.47. The quantitative estimate of drug-likeness (QED) is 0.685. The number of hydrogen-bond donors (Lipinski definition) is 1. The molecule has 0 radical (unpaired) electrons. The number of carboxylic acid groups (broad SMARTS) is 1. The first-order valence-corrected chi connectivity index (χ1v) is 5.88. The van der Waals surface area contributed by atoms with E-state index < -0.39 is 10.9 Å². The molecule has 0 spiro atoms. The summed E-state index contributed by atoms with van der Waals surface area (Å²) in [7, 11) is 0. The highest BCUT2D eigenvalue weighted by atomic mass is 16.6. The molecule has 0 amide bonds. The molecule has 7 nitrogen and oxygen atoms in total. The Balaban J connectivity index is 2.70. The Labute approximate surface area is 114 Å². The minimum absolute atomic E-state index is 0.148. The molecule has 1 aromatic carbocycles. The Kier molecular flexibility index (Phi) is 3.27. The average Bonchev–Trinajstić information content (AvgIpc) is 2.65. The number of aromatic nitrogens is 2. The number of aryl methyl sites for hydroxylation is 1. The van der Waals surface area contributed by atoms with Gasteiger partial charge in [0.15, 0.2) is 0 Å². The Morgan fingerprint density at radius 3 is 2.45 bits per heavy atom. The summed E-state index contributed by atoms with van der Waals surface area (Å²) < 4.78 is 1.50. The fraction of sp³-hybridized carbons (Fsp3) is 0.231. The van der Waals surface area contributed by atoms with Crippen LogP contribution >= 0.6 is 0 Å². The van der Waals surface area contributed by atoms with Crippen molar-refractivity contribution in [2.24, 2.45) is 0 Å². The number of hydrogen-bond acceptors (Lipinski definition) is 4. The molecule has 0 unspecified atom stereocenters. The van der Waals surface area contributed by atoms with Crippen LogP contribution in [0.15, 0.2) is 18.2 Å². The molecule has 0 bridgehead atoms. The van der Waals surface area contributed by atoms with Crippen LogP contribution in [0.1, 0.15) is 27.3 Å². The lowest BCUT2D eigenvalue weighted by molar-refractivity contribution is -0.384. The number of carbonyl (C=O) groups is 1. The molecule has 104 valence electrons. The van der Waals surface area contributed by atoms with Crippen LogP contribution in [0, 0.1) is 30.9 Å². The number of non-ortho nitro benzene ring substituents is 1. The van der Waals surface area contributed by atoms with E-state index in [1.165, 1.54) is 16.8 Å². The van der Waals surface area contributed by atoms with Gasteiger partial charge in [-0.05, 0) is 32.4 Å². The van der Waals surface area contributed by atoms with Crippen molar-refractivity contribution in [3.05, 3.63) is 50.8 Å². The van der Waals surface area contributed by atoms with Crippen LogP contribution in [0.25, 0.3) is 5.69 Å². The number of nitro groups is 1. The lowest BCUT2D eigenvalue weighted by Crippen LogP contribution is -2.08. The zero-order valence-electron chi connectivity index (χ0n) is 11.2. The lowest BCUT2D eigenvalue weighted by Gasteiger charge is -2.08. The van der Waals surface area contributed by atoms with Crippen LogP contribution in [0.4, 0.5) is 5.69 Å². The molecule has 2 aromatic rings. The smallest absolute Gasteiger partial charge is 0.338 e. The van der Waals surface area contributed by atoms with Gasteiger partial charge in [0.05, 0.1) is 21.9 Å². The normalized spacial score (nSPS) is 10.6. The molecule has 0 saturated heterocycles. The number of benzene rings is 1. The second-order valence-electron chi connectivity index (χ2n) is 4.47. The van der Waals surface area contributed by atoms with Gasteiger partial charge in [-0.1, -0.05) is 0 Å². The van der Waals surface area contributed by atoms with Crippen molar-refractivity contribution in [3.8, 4) is 5.69 Å². The highest BCUT2D eigenvalue weighted by Gasteiger charge is 2.19. The Morgan fingerprint density at radius 1 is 1.35 bits per heavy atom. The number of carboxylic acids is 1. The molecule has 0 saturated carbocycles. The van der Waals surface area contributed by atoms with Gasteiger partial charge in [0.1, 0.15) is 0 Å². The Hall–Kier alpha value is -2.70. The van der Waals surface area contributed by atoms with Crippen molar-refractivity contribution in [2.75, 3.05) is 0 Å². The van der Waals surface area contributed by atoms with Crippen LogP contribution in [-0.4, -0.2) is 25.8 Å². The fourth-order valence-corrected chi connectivity index (χ4v) is 1.95. The molecule has 7 heteroatoms. The molecule has 0 atom stereocenters. The maximum Gasteiger partial charge on any atom is 0.338 e. The molecular weight excluding hydrogens is 262 g/mol. The largest absolute Gasteiger partial charge is 0.478 e. The van der Waals surface area contributed by atoms with E-state index in [-0.39, 0.29) is 11.3 Å². The van der Waals surface area contributed by atoms with Crippen molar-refractivity contribution >= 4 is 11.7 Å². The van der Waals surface area contributed by atoms with Gasteiger partial charge in [-0.25, -0.2) is 9.48 Å². The van der Waals surface area contributed by atoms with Crippen LogP contribution in [-0.2, 0) is 0 Å². The first-order chi connectivity index (χ1) is 9.32. The molecule has 0 aliphatic heterocycles. The molecule has 1 heterocycles. The first-order valence-electron chi connectivity index (χ1n) is 5.88. The predicted octanol–water partition coefficient (Wildman–Crippen LogP) is 2.40. The predicted molar refractivity (Wildman–Crippen MR) is 71.4 cm³/mol. The minimum atomic E-state index is -1.23. The molecule has 0 aliphatic carbocycles. The highest BCUT2D eigenvalue weighted by Crippen LogP contribution is 2.24. The van der Waals surface area contributed by atoms with Crippen molar-refractivity contribution < 1.29 is 14.8 Å². The van der Waals surface area contributed by atoms with Crippen LogP contribution in [0.2, 0.25) is 0 Å². The summed E-state index contributed by atoms with van der Waals surface area (Å²) in [4.78, 5) is 21.4. The monoisotopic (exact) mass is 275 g/mol. The minimum Gasteiger partial charge on any atom is -0.478 e. The first kappa shape index (κ1) is 13.7. The standard InChI is InChI=1S/C13H13N3O4/c1-7-8(2)14-15(9(7)3)12-5-4-10(16(19)20)6-11(12)13(17)18/h4-6H,1-3H3,(H,17,18). The van der Waals surface area contributed by atoms with Crippen LogP contribution in [0.3, 0.4) is 0 Å². The Bertz CT molecular complexity index is 719. The van der Waals surface area contributed by atoms with Crippen molar-refractivity contribution in [1.82, 2.24) is 9.78 Å². The van der Waals surface area contributed by atoms with E-state index in [1.54, 1.807) is 0 Å². The topological polar surface area (TPSA) is 98.3 Å². The van der Waals surface area contributed by atoms with Gasteiger partial charge in [0.25, 0.3) is 5.69 Å². The third-order valence-corrected chi connectivity index (χ3v) is 3.30. The zero-order valence-corrected chi connectivity index (χ0v) is 11.2. The van der Waals surface area contributed by atoms with E-state index in [0.29, 0.717) is 5.69 Å². The molecular formula is C13H13N3O4. The SMILES string of the molecule is Cc1nn(-c2ccc([N+](=O)[O-])cc2C(=O)O)c(C)c1C. The van der Waals surface area contributed by atoms with Crippen LogP contribution < -0.4 is 0 Å². The summed E-state index contributed by atoms with van der Waals surface area (Å²) in [6, 6.07) is 3.72. The van der Waals surface area contributed by atoms with E-state index in [4.69, 9.17) is 0 Å². The summed E-state index contributed by atoms with van der Waals surface area (Å²) in [6.07, 6.45) is 0. The molecule has 1 N–H and O–H groups in total. The Morgan fingerprint density at radius 2 is 2.00 bits per heavy atom. The lowest BCUT2D eigenvalue weighted by atomic mass is 10.1. The van der Waals surface area contributed by atoms with Crippen LogP contribution in [0.5, 0.6) is 0 Å². The average molecular weight is 275 g/mol. The molecule has 1 aromatic heterocycles. The number of aromatic carboxylic acids is 1. The summed E-state index contributed by atoms with van der Waals surface area (Å²) in [6.45, 7) is 5.53. The van der Waals surface area contributed by atoms with E-state index in [1.807, 2.05) is 20.8 Å². The van der Waals surface area contributed by atoms with Gasteiger partial charge in [-0.2, -0.15) is 5.10 Å². The maximum atomic E-state index is 11.3. The summed E-state index contributed by atoms with van der Waals surface area (Å²) in [5.74, 6) is -1.23. The van der Waals surface area contributed by atoms with Gasteiger partial charge in [0, 0.05) is 17.8 Å². The third kappa shape index (κ3) is 2.13. The molecule has 2 rings (SSSR count). The summed E-state index contributed by atoms with van der Waals surface area (Å²) >= 11 is 0. The highest BCUT2D eigenvalue weighted by molar-refractivity contribution is 5.92. The van der Waals surface area contributed by atoms with Gasteiger partial charge in [0.2, 0.25) is 0 Å². The van der Waals surface area contributed by atoms with E-state index in [9.17, 15) is 20.0 Å². The van der Waals surface area contributed by atoms with Gasteiger partial charge < -0.3 is 5.11 Å². The van der Waals surface area contributed by atoms with E-state index in [0.717, 1.165) is 23.0 Å². The van der Waals surface area contributed by atoms with Crippen molar-refractivity contribution in [2.45, 2.75) is 20.8 Å². The molecule has 0 fully saturated rings. The van der Waals surface area contributed by atoms with Gasteiger partial charge >= 0.3 is 5.97 Å². The second kappa shape index (κ2) is 4.76.